The summed E-state index contributed by atoms with van der Waals surface area (Å²) in [6.45, 7) is 1.84. The van der Waals surface area contributed by atoms with E-state index in [1.807, 2.05) is 6.92 Å². The van der Waals surface area contributed by atoms with Gasteiger partial charge in [-0.1, -0.05) is 31.5 Å². The van der Waals surface area contributed by atoms with Gasteiger partial charge in [0.1, 0.15) is 0 Å². The highest BCUT2D eigenvalue weighted by atomic mass is 32.1. The zero-order chi connectivity index (χ0) is 14.0. The molecule has 0 radical (unpaired) electrons. The average molecular weight is 282 g/mol. The van der Waals surface area contributed by atoms with Crippen LogP contribution in [0.1, 0.15) is 58.3 Å². The Morgan fingerprint density at radius 1 is 1.26 bits per heavy atom. The number of imide groups is 1. The van der Waals surface area contributed by atoms with E-state index in [2.05, 4.69) is 0 Å². The van der Waals surface area contributed by atoms with Crippen LogP contribution in [-0.2, 0) is 9.59 Å². The highest BCUT2D eigenvalue weighted by molar-refractivity contribution is 7.80. The van der Waals surface area contributed by atoms with Crippen LogP contribution in [0.2, 0.25) is 0 Å². The van der Waals surface area contributed by atoms with E-state index in [-0.39, 0.29) is 23.3 Å². The first-order valence-electron chi connectivity index (χ1n) is 7.07. The lowest BCUT2D eigenvalue weighted by atomic mass is 9.67. The quantitative estimate of drug-likeness (QED) is 0.636. The molecule has 1 atom stereocenters. The molecule has 2 aliphatic rings. The number of thiocarbonyl (C=S) groups is 1. The van der Waals surface area contributed by atoms with Crippen molar-refractivity contribution in [2.75, 3.05) is 0 Å². The van der Waals surface area contributed by atoms with Crippen molar-refractivity contribution >= 4 is 29.0 Å². The van der Waals surface area contributed by atoms with E-state index >= 15 is 0 Å². The molecule has 0 bridgehead atoms. The zero-order valence-electron chi connectivity index (χ0n) is 11.5. The van der Waals surface area contributed by atoms with Crippen LogP contribution in [0.3, 0.4) is 0 Å². The minimum atomic E-state index is -0.210. The van der Waals surface area contributed by atoms with Gasteiger partial charge in [0.05, 0.1) is 4.99 Å². The number of rotatable bonds is 3. The molecule has 1 spiro atoms. The first kappa shape index (κ1) is 14.4. The molecule has 2 amide bonds. The fraction of sp³-hybridized carbons (Fsp3) is 0.786. The maximum atomic E-state index is 12.3. The van der Waals surface area contributed by atoms with Gasteiger partial charge >= 0.3 is 0 Å². The predicted octanol–water partition coefficient (Wildman–Crippen LogP) is 2.15. The van der Waals surface area contributed by atoms with Crippen molar-refractivity contribution in [1.82, 2.24) is 4.90 Å². The Bertz CT molecular complexity index is 382. The Morgan fingerprint density at radius 3 is 2.26 bits per heavy atom. The van der Waals surface area contributed by atoms with Crippen molar-refractivity contribution in [2.24, 2.45) is 11.1 Å². The van der Waals surface area contributed by atoms with E-state index in [0.29, 0.717) is 24.3 Å². The van der Waals surface area contributed by atoms with Crippen molar-refractivity contribution in [3.63, 3.8) is 0 Å². The van der Waals surface area contributed by atoms with E-state index in [0.717, 1.165) is 25.7 Å². The number of carbonyl (C=O) groups is 2. The van der Waals surface area contributed by atoms with Crippen LogP contribution in [0.15, 0.2) is 0 Å². The monoisotopic (exact) mass is 282 g/mol. The van der Waals surface area contributed by atoms with Crippen molar-refractivity contribution in [2.45, 2.75) is 64.3 Å². The summed E-state index contributed by atoms with van der Waals surface area (Å²) in [5.74, 6) is -0.0798. The second kappa shape index (κ2) is 5.57. The van der Waals surface area contributed by atoms with Crippen molar-refractivity contribution in [3.05, 3.63) is 0 Å². The standard InChI is InChI=1S/C14H22N2O2S/c1-10(7-11(15)19)16-12(17)8-14(9-13(16)18)5-3-2-4-6-14/h10H,2-9H2,1H3,(H2,15,19). The van der Waals surface area contributed by atoms with Crippen LogP contribution in [-0.4, -0.2) is 27.7 Å². The number of piperidine rings is 1. The number of nitrogens with zero attached hydrogens (tertiary/aromatic N) is 1. The van der Waals surface area contributed by atoms with E-state index < -0.39 is 0 Å². The Balaban J connectivity index is 2.08. The van der Waals surface area contributed by atoms with Gasteiger partial charge in [-0.15, -0.1) is 0 Å². The third-order valence-corrected chi connectivity index (χ3v) is 4.61. The molecule has 1 heterocycles. The fourth-order valence-electron chi connectivity index (χ4n) is 3.54. The minimum absolute atomic E-state index is 0.0399. The Kier molecular flexibility index (Phi) is 4.23. The maximum absolute atomic E-state index is 12.3. The third-order valence-electron chi connectivity index (χ3n) is 4.44. The third kappa shape index (κ3) is 3.14. The van der Waals surface area contributed by atoms with Crippen LogP contribution in [0, 0.1) is 5.41 Å². The second-order valence-corrected chi connectivity index (χ2v) is 6.62. The van der Waals surface area contributed by atoms with Gasteiger partial charge in [0.2, 0.25) is 11.8 Å². The largest absolute Gasteiger partial charge is 0.393 e. The van der Waals surface area contributed by atoms with Crippen LogP contribution >= 0.6 is 12.2 Å². The fourth-order valence-corrected chi connectivity index (χ4v) is 3.78. The molecule has 4 nitrogen and oxygen atoms in total. The van der Waals surface area contributed by atoms with Gasteiger partial charge in [-0.05, 0) is 25.2 Å². The molecule has 1 aliphatic heterocycles. The molecule has 0 aromatic heterocycles. The Hall–Kier alpha value is -0.970. The van der Waals surface area contributed by atoms with Gasteiger partial charge < -0.3 is 5.73 Å². The number of amides is 2. The average Bonchev–Trinajstić information content (AvgIpc) is 2.27. The van der Waals surface area contributed by atoms with Gasteiger partial charge in [0.15, 0.2) is 0 Å². The highest BCUT2D eigenvalue weighted by Gasteiger charge is 2.45. The van der Waals surface area contributed by atoms with Crippen LogP contribution < -0.4 is 5.73 Å². The zero-order valence-corrected chi connectivity index (χ0v) is 12.3. The number of likely N-dealkylation sites (tertiary alicyclic amines) is 1. The SMILES string of the molecule is CC(CC(N)=S)N1C(=O)CC2(CCCCC2)CC1=O. The molecule has 0 aromatic rings. The molecule has 2 fully saturated rings. The molecule has 19 heavy (non-hydrogen) atoms. The summed E-state index contributed by atoms with van der Waals surface area (Å²) in [6.07, 6.45) is 6.99. The molecule has 1 saturated heterocycles. The van der Waals surface area contributed by atoms with Gasteiger partial charge in [-0.3, -0.25) is 14.5 Å². The summed E-state index contributed by atoms with van der Waals surface area (Å²) in [6, 6.07) is -0.210. The smallest absolute Gasteiger partial charge is 0.230 e. The maximum Gasteiger partial charge on any atom is 0.230 e. The lowest BCUT2D eigenvalue weighted by Gasteiger charge is -2.43. The number of hydrogen-bond donors (Lipinski definition) is 1. The van der Waals surface area contributed by atoms with Gasteiger partial charge in [-0.25, -0.2) is 0 Å². The number of carbonyl (C=O) groups excluding carboxylic acids is 2. The summed E-state index contributed by atoms with van der Waals surface area (Å²) < 4.78 is 0. The van der Waals surface area contributed by atoms with E-state index in [9.17, 15) is 9.59 Å². The lowest BCUT2D eigenvalue weighted by Crippen LogP contribution is -2.52. The summed E-state index contributed by atoms with van der Waals surface area (Å²) in [7, 11) is 0. The number of nitrogens with two attached hydrogens (primary N) is 1. The molecule has 0 aromatic carbocycles. The van der Waals surface area contributed by atoms with E-state index in [1.54, 1.807) is 0 Å². The van der Waals surface area contributed by atoms with Gasteiger partial charge in [-0.2, -0.15) is 0 Å². The van der Waals surface area contributed by atoms with Crippen LogP contribution in [0.25, 0.3) is 0 Å². The number of hydrogen-bond acceptors (Lipinski definition) is 3. The molecule has 106 valence electrons. The molecule has 2 N–H and O–H groups in total. The van der Waals surface area contributed by atoms with E-state index in [4.69, 9.17) is 18.0 Å². The van der Waals surface area contributed by atoms with Crippen LogP contribution in [0.5, 0.6) is 0 Å². The second-order valence-electron chi connectivity index (χ2n) is 6.09. The Labute approximate surface area is 119 Å². The predicted molar refractivity (Wildman–Crippen MR) is 77.5 cm³/mol. The molecule has 5 heteroatoms. The summed E-state index contributed by atoms with van der Waals surface area (Å²) in [5, 5.41) is 0. The van der Waals surface area contributed by atoms with Gasteiger partial charge in [0.25, 0.3) is 0 Å². The highest BCUT2D eigenvalue weighted by Crippen LogP contribution is 2.45. The molecular formula is C14H22N2O2S. The Morgan fingerprint density at radius 2 is 1.79 bits per heavy atom. The lowest BCUT2D eigenvalue weighted by molar-refractivity contribution is -0.157. The first-order valence-corrected chi connectivity index (χ1v) is 7.48. The van der Waals surface area contributed by atoms with Crippen molar-refractivity contribution in [3.8, 4) is 0 Å². The molecule has 1 unspecified atom stereocenters. The topological polar surface area (TPSA) is 63.4 Å². The summed E-state index contributed by atoms with van der Waals surface area (Å²) >= 11 is 4.87. The molecule has 1 saturated carbocycles. The van der Waals surface area contributed by atoms with Gasteiger partial charge in [0, 0.05) is 25.3 Å². The van der Waals surface area contributed by atoms with Crippen LogP contribution in [0.4, 0.5) is 0 Å². The van der Waals surface area contributed by atoms with Crippen molar-refractivity contribution < 1.29 is 9.59 Å². The molecular weight excluding hydrogens is 260 g/mol. The minimum Gasteiger partial charge on any atom is -0.393 e. The summed E-state index contributed by atoms with van der Waals surface area (Å²) in [5.41, 5.74) is 5.46. The first-order chi connectivity index (χ1) is 8.93. The van der Waals surface area contributed by atoms with E-state index in [1.165, 1.54) is 11.3 Å². The molecule has 1 aliphatic carbocycles. The summed E-state index contributed by atoms with van der Waals surface area (Å²) in [4.78, 5) is 26.4. The normalized spacial score (nSPS) is 24.6. The molecule has 2 rings (SSSR count). The van der Waals surface area contributed by atoms with Crippen molar-refractivity contribution in [1.29, 1.82) is 0 Å².